The lowest BCUT2D eigenvalue weighted by Crippen LogP contribution is -2.20. The molecular formula is C11H17O2-. The second kappa shape index (κ2) is 6.46. The molecule has 13 heavy (non-hydrogen) atoms. The summed E-state index contributed by atoms with van der Waals surface area (Å²) in [7, 11) is 0. The van der Waals surface area contributed by atoms with Gasteiger partial charge in [-0.3, -0.25) is 0 Å². The molecule has 0 fully saturated rings. The van der Waals surface area contributed by atoms with E-state index in [9.17, 15) is 9.90 Å². The van der Waals surface area contributed by atoms with Crippen LogP contribution in [-0.2, 0) is 4.79 Å². The van der Waals surface area contributed by atoms with E-state index in [0.29, 0.717) is 0 Å². The van der Waals surface area contributed by atoms with Crippen LogP contribution in [0.1, 0.15) is 40.0 Å². The third-order valence-electron chi connectivity index (χ3n) is 1.71. The van der Waals surface area contributed by atoms with E-state index in [-0.39, 0.29) is 6.42 Å². The van der Waals surface area contributed by atoms with Gasteiger partial charge in [-0.2, -0.15) is 0 Å². The minimum absolute atomic E-state index is 0.0284. The van der Waals surface area contributed by atoms with Gasteiger partial charge < -0.3 is 9.90 Å². The molecule has 0 N–H and O–H groups in total. The van der Waals surface area contributed by atoms with Crippen molar-refractivity contribution < 1.29 is 9.90 Å². The zero-order chi connectivity index (χ0) is 10.3. The standard InChI is InChI=1S/C11H18O2/c1-9(2)5-4-6-10(3)7-8-11(12)13/h5,7H,4,6,8H2,1-3H3,(H,12,13)/p-1/b10-7+. The SMILES string of the molecule is CC(C)=CCC/C(C)=C/CC(=O)[O-]. The zero-order valence-corrected chi connectivity index (χ0v) is 8.59. The van der Waals surface area contributed by atoms with Crippen LogP contribution < -0.4 is 5.11 Å². The Kier molecular flexibility index (Phi) is 5.94. The molecule has 0 atom stereocenters. The summed E-state index contributed by atoms with van der Waals surface area (Å²) in [4.78, 5) is 10.1. The molecule has 0 rings (SSSR count). The van der Waals surface area contributed by atoms with Crippen molar-refractivity contribution in [3.8, 4) is 0 Å². The zero-order valence-electron chi connectivity index (χ0n) is 8.59. The Bertz CT molecular complexity index is 220. The number of carbonyl (C=O) groups is 1. The first-order chi connectivity index (χ1) is 6.02. The van der Waals surface area contributed by atoms with Crippen LogP contribution in [0.15, 0.2) is 23.3 Å². The van der Waals surface area contributed by atoms with Gasteiger partial charge in [0.15, 0.2) is 0 Å². The minimum Gasteiger partial charge on any atom is -0.550 e. The highest BCUT2D eigenvalue weighted by atomic mass is 16.4. The topological polar surface area (TPSA) is 40.1 Å². The summed E-state index contributed by atoms with van der Waals surface area (Å²) >= 11 is 0. The van der Waals surface area contributed by atoms with Crippen LogP contribution >= 0.6 is 0 Å². The fraction of sp³-hybridized carbons (Fsp3) is 0.545. The Morgan fingerprint density at radius 1 is 1.23 bits per heavy atom. The number of carboxylic acid groups (broad SMARTS) is 1. The normalized spacial score (nSPS) is 11.2. The summed E-state index contributed by atoms with van der Waals surface area (Å²) in [5.74, 6) is -1.01. The molecule has 0 aromatic rings. The van der Waals surface area contributed by atoms with Crippen molar-refractivity contribution in [2.24, 2.45) is 0 Å². The molecule has 2 nitrogen and oxygen atoms in total. The maximum Gasteiger partial charge on any atom is 0.0452 e. The molecule has 0 aromatic heterocycles. The van der Waals surface area contributed by atoms with Crippen LogP contribution in [0, 0.1) is 0 Å². The molecule has 0 saturated carbocycles. The molecule has 0 aliphatic heterocycles. The van der Waals surface area contributed by atoms with Gasteiger partial charge in [-0.15, -0.1) is 0 Å². The smallest absolute Gasteiger partial charge is 0.0452 e. The van der Waals surface area contributed by atoms with Crippen molar-refractivity contribution in [1.29, 1.82) is 0 Å². The molecule has 0 aliphatic carbocycles. The monoisotopic (exact) mass is 181 g/mol. The largest absolute Gasteiger partial charge is 0.550 e. The first-order valence-corrected chi connectivity index (χ1v) is 4.51. The Hall–Kier alpha value is -1.05. The predicted octanol–water partition coefficient (Wildman–Crippen LogP) is 1.82. The van der Waals surface area contributed by atoms with E-state index >= 15 is 0 Å². The van der Waals surface area contributed by atoms with Gasteiger partial charge in [0.2, 0.25) is 0 Å². The average molecular weight is 181 g/mol. The van der Waals surface area contributed by atoms with Gasteiger partial charge in [0.05, 0.1) is 0 Å². The van der Waals surface area contributed by atoms with E-state index < -0.39 is 5.97 Å². The van der Waals surface area contributed by atoms with Crippen LogP contribution in [0.3, 0.4) is 0 Å². The van der Waals surface area contributed by atoms with Crippen LogP contribution in [0.25, 0.3) is 0 Å². The molecular weight excluding hydrogens is 164 g/mol. The predicted molar refractivity (Wildman–Crippen MR) is 52.0 cm³/mol. The first kappa shape index (κ1) is 11.9. The number of aliphatic carboxylic acids is 1. The molecule has 0 radical (unpaired) electrons. The summed E-state index contributed by atoms with van der Waals surface area (Å²) < 4.78 is 0. The highest BCUT2D eigenvalue weighted by Crippen LogP contribution is 2.06. The number of rotatable bonds is 5. The van der Waals surface area contributed by atoms with Crippen LogP contribution in [0.2, 0.25) is 0 Å². The molecule has 0 heterocycles. The van der Waals surface area contributed by atoms with Gasteiger partial charge in [0.1, 0.15) is 0 Å². The van der Waals surface area contributed by atoms with Gasteiger partial charge in [-0.05, 0) is 33.6 Å². The lowest BCUT2D eigenvalue weighted by Gasteiger charge is -2.00. The van der Waals surface area contributed by atoms with Gasteiger partial charge in [-0.1, -0.05) is 23.3 Å². The molecule has 0 aliphatic rings. The van der Waals surface area contributed by atoms with Crippen molar-refractivity contribution in [2.45, 2.75) is 40.0 Å². The third-order valence-corrected chi connectivity index (χ3v) is 1.71. The molecule has 2 heteroatoms. The van der Waals surface area contributed by atoms with E-state index in [1.54, 1.807) is 6.08 Å². The van der Waals surface area contributed by atoms with E-state index in [4.69, 9.17) is 0 Å². The summed E-state index contributed by atoms with van der Waals surface area (Å²) in [5.41, 5.74) is 2.41. The highest BCUT2D eigenvalue weighted by molar-refractivity contribution is 5.66. The lowest BCUT2D eigenvalue weighted by molar-refractivity contribution is -0.304. The third kappa shape index (κ3) is 8.86. The van der Waals surface area contributed by atoms with Crippen LogP contribution in [-0.4, -0.2) is 5.97 Å². The molecule has 0 amide bonds. The first-order valence-electron chi connectivity index (χ1n) is 4.51. The fourth-order valence-corrected chi connectivity index (χ4v) is 0.948. The fourth-order valence-electron chi connectivity index (χ4n) is 0.948. The van der Waals surface area contributed by atoms with Gasteiger partial charge in [0.25, 0.3) is 0 Å². The van der Waals surface area contributed by atoms with Crippen molar-refractivity contribution in [2.75, 3.05) is 0 Å². The second-order valence-electron chi connectivity index (χ2n) is 3.45. The quantitative estimate of drug-likeness (QED) is 0.607. The van der Waals surface area contributed by atoms with Gasteiger partial charge >= 0.3 is 0 Å². The van der Waals surface area contributed by atoms with E-state index in [0.717, 1.165) is 18.4 Å². The molecule has 0 spiro atoms. The molecule has 0 saturated heterocycles. The molecule has 0 aromatic carbocycles. The van der Waals surface area contributed by atoms with Crippen LogP contribution in [0.4, 0.5) is 0 Å². The number of hydrogen-bond acceptors (Lipinski definition) is 2. The maximum atomic E-state index is 10.1. The summed E-state index contributed by atoms with van der Waals surface area (Å²) in [6.45, 7) is 6.06. The molecule has 0 bridgehead atoms. The average Bonchev–Trinajstić information content (AvgIpc) is 2.00. The van der Waals surface area contributed by atoms with E-state index in [1.165, 1.54) is 5.57 Å². The molecule has 74 valence electrons. The summed E-state index contributed by atoms with van der Waals surface area (Å²) in [6.07, 6.45) is 5.81. The Morgan fingerprint density at radius 2 is 1.85 bits per heavy atom. The maximum absolute atomic E-state index is 10.1. The second-order valence-corrected chi connectivity index (χ2v) is 3.45. The number of hydrogen-bond donors (Lipinski definition) is 0. The molecule has 0 unspecified atom stereocenters. The Morgan fingerprint density at radius 3 is 2.31 bits per heavy atom. The van der Waals surface area contributed by atoms with Gasteiger partial charge in [-0.25, -0.2) is 0 Å². The summed E-state index contributed by atoms with van der Waals surface area (Å²) in [6, 6.07) is 0. The lowest BCUT2D eigenvalue weighted by atomic mass is 10.1. The van der Waals surface area contributed by atoms with Crippen molar-refractivity contribution >= 4 is 5.97 Å². The summed E-state index contributed by atoms with van der Waals surface area (Å²) in [5, 5.41) is 10.1. The van der Waals surface area contributed by atoms with Crippen LogP contribution in [0.5, 0.6) is 0 Å². The Balaban J connectivity index is 3.73. The minimum atomic E-state index is -1.01. The van der Waals surface area contributed by atoms with Gasteiger partial charge in [0, 0.05) is 12.4 Å². The van der Waals surface area contributed by atoms with Crippen molar-refractivity contribution in [3.63, 3.8) is 0 Å². The number of carbonyl (C=O) groups excluding carboxylic acids is 1. The highest BCUT2D eigenvalue weighted by Gasteiger charge is 1.88. The number of carboxylic acids is 1. The van der Waals surface area contributed by atoms with Crippen molar-refractivity contribution in [3.05, 3.63) is 23.3 Å². The van der Waals surface area contributed by atoms with E-state index in [2.05, 4.69) is 19.9 Å². The van der Waals surface area contributed by atoms with E-state index in [1.807, 2.05) is 6.92 Å². The number of allylic oxidation sites excluding steroid dienone is 3. The Labute approximate surface area is 80.0 Å². The van der Waals surface area contributed by atoms with Crippen molar-refractivity contribution in [1.82, 2.24) is 0 Å².